The monoisotopic (exact) mass is 370 g/mol. The minimum atomic E-state index is 0.702. The Kier molecular flexibility index (Phi) is 18.1. The molecule has 4 heteroatoms. The van der Waals surface area contributed by atoms with Gasteiger partial charge in [0, 0.05) is 12.1 Å². The molecule has 0 fully saturated rings. The first kappa shape index (κ1) is 25.8. The van der Waals surface area contributed by atoms with Gasteiger partial charge in [-0.2, -0.15) is 0 Å². The zero-order valence-electron chi connectivity index (χ0n) is 18.9. The van der Waals surface area contributed by atoms with Crippen LogP contribution in [0.15, 0.2) is 0 Å². The van der Waals surface area contributed by atoms with Crippen LogP contribution in [0.2, 0.25) is 0 Å². The molecular formula is C22H50N4. The Morgan fingerprint density at radius 2 is 0.885 bits per heavy atom. The normalized spacial score (nSPS) is 14.3. The minimum Gasteiger partial charge on any atom is -0.317 e. The van der Waals surface area contributed by atoms with Crippen molar-refractivity contribution in [1.82, 2.24) is 20.4 Å². The molecule has 0 aromatic carbocycles. The second-order valence-electron chi connectivity index (χ2n) is 7.63. The van der Waals surface area contributed by atoms with Crippen molar-refractivity contribution in [3.05, 3.63) is 0 Å². The van der Waals surface area contributed by atoms with E-state index in [0.717, 1.165) is 13.1 Å². The summed E-state index contributed by atoms with van der Waals surface area (Å²) in [5.74, 6) is 0. The first-order valence-corrected chi connectivity index (χ1v) is 11.5. The van der Waals surface area contributed by atoms with Crippen molar-refractivity contribution < 1.29 is 0 Å². The van der Waals surface area contributed by atoms with Crippen LogP contribution in [0.3, 0.4) is 0 Å². The molecule has 26 heavy (non-hydrogen) atoms. The van der Waals surface area contributed by atoms with E-state index in [4.69, 9.17) is 0 Å². The lowest BCUT2D eigenvalue weighted by Crippen LogP contribution is -2.35. The Bertz CT molecular complexity index is 249. The van der Waals surface area contributed by atoms with Crippen LogP contribution in [0, 0.1) is 0 Å². The van der Waals surface area contributed by atoms with Gasteiger partial charge in [0.1, 0.15) is 0 Å². The molecule has 0 aliphatic carbocycles. The van der Waals surface area contributed by atoms with Crippen molar-refractivity contribution in [3.63, 3.8) is 0 Å². The molecule has 0 heterocycles. The summed E-state index contributed by atoms with van der Waals surface area (Å²) < 4.78 is 0. The summed E-state index contributed by atoms with van der Waals surface area (Å²) in [6, 6.07) is 1.40. The van der Waals surface area contributed by atoms with Gasteiger partial charge in [0.05, 0.1) is 0 Å². The third-order valence-corrected chi connectivity index (χ3v) is 5.81. The van der Waals surface area contributed by atoms with Gasteiger partial charge >= 0.3 is 0 Å². The quantitative estimate of drug-likeness (QED) is 0.337. The Morgan fingerprint density at radius 3 is 1.19 bits per heavy atom. The summed E-state index contributed by atoms with van der Waals surface area (Å²) >= 11 is 0. The second kappa shape index (κ2) is 18.2. The van der Waals surface area contributed by atoms with Gasteiger partial charge in [-0.25, -0.2) is 0 Å². The summed E-state index contributed by atoms with van der Waals surface area (Å²) in [7, 11) is 0. The van der Waals surface area contributed by atoms with Crippen molar-refractivity contribution in [1.29, 1.82) is 0 Å². The number of unbranched alkanes of at least 4 members (excludes halogenated alkanes) is 3. The van der Waals surface area contributed by atoms with Crippen LogP contribution in [-0.4, -0.2) is 74.2 Å². The van der Waals surface area contributed by atoms with Crippen LogP contribution in [0.1, 0.15) is 80.1 Å². The van der Waals surface area contributed by atoms with Gasteiger partial charge in [0.2, 0.25) is 0 Å². The van der Waals surface area contributed by atoms with Crippen LogP contribution in [0.4, 0.5) is 0 Å². The molecule has 2 unspecified atom stereocenters. The van der Waals surface area contributed by atoms with E-state index in [-0.39, 0.29) is 0 Å². The summed E-state index contributed by atoms with van der Waals surface area (Å²) in [6.07, 6.45) is 7.87. The molecule has 4 nitrogen and oxygen atoms in total. The van der Waals surface area contributed by atoms with Crippen molar-refractivity contribution in [2.45, 2.75) is 92.2 Å². The van der Waals surface area contributed by atoms with Crippen molar-refractivity contribution in [2.75, 3.05) is 52.4 Å². The molecular weight excluding hydrogens is 320 g/mol. The van der Waals surface area contributed by atoms with Gasteiger partial charge in [0.15, 0.2) is 0 Å². The fourth-order valence-corrected chi connectivity index (χ4v) is 3.78. The highest BCUT2D eigenvalue weighted by Gasteiger charge is 2.09. The Hall–Kier alpha value is -0.160. The Morgan fingerprint density at radius 1 is 0.538 bits per heavy atom. The first-order chi connectivity index (χ1) is 12.6. The van der Waals surface area contributed by atoms with E-state index >= 15 is 0 Å². The zero-order valence-corrected chi connectivity index (χ0v) is 18.9. The number of nitrogens with one attached hydrogen (secondary N) is 2. The average Bonchev–Trinajstić information content (AvgIpc) is 2.64. The molecule has 0 saturated heterocycles. The maximum absolute atomic E-state index is 3.62. The fourth-order valence-electron chi connectivity index (χ4n) is 3.78. The summed E-state index contributed by atoms with van der Waals surface area (Å²) in [5, 5.41) is 7.24. The number of nitrogens with zero attached hydrogens (tertiary/aromatic N) is 2. The van der Waals surface area contributed by atoms with Crippen LogP contribution in [-0.2, 0) is 0 Å². The number of rotatable bonds is 19. The number of hydrogen-bond donors (Lipinski definition) is 2. The Balaban J connectivity index is 3.34. The lowest BCUT2D eigenvalue weighted by molar-refractivity contribution is 0.219. The maximum atomic E-state index is 3.62. The molecule has 158 valence electrons. The van der Waals surface area contributed by atoms with Crippen LogP contribution in [0.25, 0.3) is 0 Å². The smallest absolute Gasteiger partial charge is 0.00787 e. The van der Waals surface area contributed by atoms with E-state index in [1.165, 1.54) is 77.8 Å². The third kappa shape index (κ3) is 13.1. The largest absolute Gasteiger partial charge is 0.317 e. The van der Waals surface area contributed by atoms with Crippen LogP contribution >= 0.6 is 0 Å². The molecule has 0 aromatic rings. The average molecular weight is 371 g/mol. The lowest BCUT2D eigenvalue weighted by Gasteiger charge is -2.26. The first-order valence-electron chi connectivity index (χ1n) is 11.5. The molecule has 0 aromatic heterocycles. The predicted octanol–water partition coefficient (Wildman–Crippen LogP) is 3.97. The molecule has 0 rings (SSSR count). The highest BCUT2D eigenvalue weighted by Crippen LogP contribution is 2.03. The molecule has 2 atom stereocenters. The van der Waals surface area contributed by atoms with Gasteiger partial charge in [-0.15, -0.1) is 0 Å². The third-order valence-electron chi connectivity index (χ3n) is 5.81. The van der Waals surface area contributed by atoms with Crippen LogP contribution in [0.5, 0.6) is 0 Å². The summed E-state index contributed by atoms with van der Waals surface area (Å²) in [5.41, 5.74) is 0. The predicted molar refractivity (Wildman–Crippen MR) is 118 cm³/mol. The topological polar surface area (TPSA) is 30.5 Å². The molecule has 0 aliphatic rings. The highest BCUT2D eigenvalue weighted by atomic mass is 15.1. The molecule has 2 N–H and O–H groups in total. The molecule has 0 aliphatic heterocycles. The number of hydrogen-bond acceptors (Lipinski definition) is 4. The molecule has 0 amide bonds. The van der Waals surface area contributed by atoms with Gasteiger partial charge in [-0.1, -0.05) is 40.5 Å². The SMILES string of the molecule is CCN(CC)C(C)CCNCCCCCCNCCC(C)N(CC)CC. The standard InChI is InChI=1S/C22H50N4/c1-7-25(8-2)21(5)15-19-23-17-13-11-12-14-18-24-20-16-22(6)26(9-3)10-4/h21-24H,7-20H2,1-6H3. The maximum Gasteiger partial charge on any atom is 0.00787 e. The molecule has 0 bridgehead atoms. The Labute approximate surface area is 165 Å². The van der Waals surface area contributed by atoms with Gasteiger partial charge in [0.25, 0.3) is 0 Å². The van der Waals surface area contributed by atoms with Crippen molar-refractivity contribution in [3.8, 4) is 0 Å². The van der Waals surface area contributed by atoms with E-state index in [1.54, 1.807) is 0 Å². The molecule has 0 spiro atoms. The lowest BCUT2D eigenvalue weighted by atomic mass is 10.1. The highest BCUT2D eigenvalue weighted by molar-refractivity contribution is 4.67. The molecule has 0 radical (unpaired) electrons. The van der Waals surface area contributed by atoms with E-state index in [2.05, 4.69) is 62.0 Å². The zero-order chi connectivity index (χ0) is 19.6. The second-order valence-corrected chi connectivity index (χ2v) is 7.63. The van der Waals surface area contributed by atoms with E-state index in [1.807, 2.05) is 0 Å². The van der Waals surface area contributed by atoms with Gasteiger partial charge < -0.3 is 20.4 Å². The van der Waals surface area contributed by atoms with Crippen molar-refractivity contribution in [2.24, 2.45) is 0 Å². The van der Waals surface area contributed by atoms with Crippen LogP contribution < -0.4 is 10.6 Å². The van der Waals surface area contributed by atoms with Gasteiger partial charge in [-0.05, 0) is 91.9 Å². The van der Waals surface area contributed by atoms with Gasteiger partial charge in [-0.3, -0.25) is 0 Å². The van der Waals surface area contributed by atoms with Crippen molar-refractivity contribution >= 4 is 0 Å². The van der Waals surface area contributed by atoms with E-state index in [0.29, 0.717) is 12.1 Å². The minimum absolute atomic E-state index is 0.702. The van der Waals surface area contributed by atoms with E-state index in [9.17, 15) is 0 Å². The van der Waals surface area contributed by atoms with E-state index < -0.39 is 0 Å². The summed E-state index contributed by atoms with van der Waals surface area (Å²) in [4.78, 5) is 5.08. The fraction of sp³-hybridized carbons (Fsp3) is 1.00. The summed E-state index contributed by atoms with van der Waals surface area (Å²) in [6.45, 7) is 23.1. The molecule has 0 saturated carbocycles.